The molecule has 2 heterocycles. The van der Waals surface area contributed by atoms with Crippen molar-refractivity contribution in [2.24, 2.45) is 0 Å². The molecule has 2 aliphatic rings. The summed E-state index contributed by atoms with van der Waals surface area (Å²) >= 11 is 0. The van der Waals surface area contributed by atoms with Crippen molar-refractivity contribution in [2.45, 2.75) is 37.9 Å². The van der Waals surface area contributed by atoms with E-state index in [1.165, 1.54) is 6.42 Å². The van der Waals surface area contributed by atoms with E-state index in [1.54, 1.807) is 25.3 Å². The van der Waals surface area contributed by atoms with Gasteiger partial charge in [-0.15, -0.1) is 0 Å². The number of hydrogen-bond acceptors (Lipinski definition) is 5. The first-order valence-corrected chi connectivity index (χ1v) is 9.82. The van der Waals surface area contributed by atoms with Crippen LogP contribution in [0.4, 0.5) is 0 Å². The summed E-state index contributed by atoms with van der Waals surface area (Å²) < 4.78 is 17.8. The average Bonchev–Trinajstić information content (AvgIpc) is 3.07. The SMILES string of the molecule is COc1ccccc1-c1cc(C(=O)O)c2cc3c(cc2n1)OC1(CCCCC1)O3. The summed E-state index contributed by atoms with van der Waals surface area (Å²) in [5.74, 6) is 0.221. The minimum absolute atomic E-state index is 0.173. The third-order valence-corrected chi connectivity index (χ3v) is 5.69. The van der Waals surface area contributed by atoms with Crippen LogP contribution in [0.5, 0.6) is 17.2 Å². The zero-order valence-corrected chi connectivity index (χ0v) is 16.1. The molecule has 1 N–H and O–H groups in total. The van der Waals surface area contributed by atoms with Gasteiger partial charge in [-0.1, -0.05) is 18.6 Å². The van der Waals surface area contributed by atoms with E-state index in [0.717, 1.165) is 31.2 Å². The predicted octanol–water partition coefficient (Wildman–Crippen LogP) is 5.04. The van der Waals surface area contributed by atoms with E-state index in [-0.39, 0.29) is 5.56 Å². The Bertz CT molecular complexity index is 1120. The van der Waals surface area contributed by atoms with Crippen molar-refractivity contribution in [3.8, 4) is 28.5 Å². The number of rotatable bonds is 3. The number of aromatic carboxylic acids is 1. The van der Waals surface area contributed by atoms with E-state index in [1.807, 2.05) is 24.3 Å². The van der Waals surface area contributed by atoms with Gasteiger partial charge in [-0.2, -0.15) is 0 Å². The molecule has 0 atom stereocenters. The summed E-state index contributed by atoms with van der Waals surface area (Å²) in [5, 5.41) is 10.4. The predicted molar refractivity (Wildman–Crippen MR) is 108 cm³/mol. The maximum atomic E-state index is 12.0. The number of aromatic nitrogens is 1. The standard InChI is InChI=1S/C23H21NO5/c1-27-19-8-4-3-7-14(19)17-11-16(22(25)26)15-12-20-21(13-18(15)24-17)29-23(28-20)9-5-2-6-10-23/h3-4,7-8,11-13H,2,5-6,9-10H2,1H3,(H,25,26). The van der Waals surface area contributed by atoms with Gasteiger partial charge in [0.1, 0.15) is 5.75 Å². The largest absolute Gasteiger partial charge is 0.496 e. The highest BCUT2D eigenvalue weighted by molar-refractivity contribution is 6.05. The highest BCUT2D eigenvalue weighted by Gasteiger charge is 2.42. The lowest BCUT2D eigenvalue weighted by molar-refractivity contribution is -0.105. The molecule has 3 aromatic rings. The maximum Gasteiger partial charge on any atom is 0.336 e. The molecular formula is C23H21NO5. The molecule has 0 unspecified atom stereocenters. The highest BCUT2D eigenvalue weighted by Crippen LogP contribution is 2.47. The van der Waals surface area contributed by atoms with E-state index >= 15 is 0 Å². The lowest BCUT2D eigenvalue weighted by atomic mass is 9.94. The number of ether oxygens (including phenoxy) is 3. The molecule has 1 aliphatic heterocycles. The van der Waals surface area contributed by atoms with E-state index in [0.29, 0.717) is 33.8 Å². The number of pyridine rings is 1. The van der Waals surface area contributed by atoms with Gasteiger partial charge in [0.25, 0.3) is 5.79 Å². The van der Waals surface area contributed by atoms with Crippen LogP contribution >= 0.6 is 0 Å². The van der Waals surface area contributed by atoms with Crippen molar-refractivity contribution in [1.29, 1.82) is 0 Å². The first-order chi connectivity index (χ1) is 14.1. The van der Waals surface area contributed by atoms with Crippen molar-refractivity contribution >= 4 is 16.9 Å². The van der Waals surface area contributed by atoms with Gasteiger partial charge in [0.2, 0.25) is 0 Å². The van der Waals surface area contributed by atoms with Crippen LogP contribution in [0.3, 0.4) is 0 Å². The van der Waals surface area contributed by atoms with E-state index in [9.17, 15) is 9.90 Å². The summed E-state index contributed by atoms with van der Waals surface area (Å²) in [6.45, 7) is 0. The zero-order chi connectivity index (χ0) is 20.0. The Balaban J connectivity index is 1.67. The maximum absolute atomic E-state index is 12.0. The van der Waals surface area contributed by atoms with Crippen molar-refractivity contribution in [3.05, 3.63) is 48.0 Å². The molecule has 6 nitrogen and oxygen atoms in total. The number of methoxy groups -OCH3 is 1. The number of carboxylic acids is 1. The number of benzene rings is 2. The summed E-state index contributed by atoms with van der Waals surface area (Å²) in [6, 6.07) is 12.5. The molecule has 0 saturated heterocycles. The number of carbonyl (C=O) groups is 1. The Labute approximate surface area is 168 Å². The van der Waals surface area contributed by atoms with Gasteiger partial charge < -0.3 is 19.3 Å². The minimum atomic E-state index is -1.01. The molecule has 2 aromatic carbocycles. The number of carboxylic acid groups (broad SMARTS) is 1. The second-order valence-electron chi connectivity index (χ2n) is 7.55. The van der Waals surface area contributed by atoms with Gasteiger partial charge in [-0.05, 0) is 37.1 Å². The molecule has 1 saturated carbocycles. The Morgan fingerprint density at radius 2 is 1.79 bits per heavy atom. The lowest BCUT2D eigenvalue weighted by Gasteiger charge is -2.31. The number of hydrogen-bond donors (Lipinski definition) is 1. The molecule has 0 bridgehead atoms. The molecular weight excluding hydrogens is 370 g/mol. The van der Waals surface area contributed by atoms with Crippen LogP contribution in [0.1, 0.15) is 42.5 Å². The van der Waals surface area contributed by atoms with Crippen LogP contribution in [0.25, 0.3) is 22.2 Å². The van der Waals surface area contributed by atoms with Crippen LogP contribution in [0, 0.1) is 0 Å². The fourth-order valence-electron chi connectivity index (χ4n) is 4.28. The first-order valence-electron chi connectivity index (χ1n) is 9.82. The van der Waals surface area contributed by atoms with E-state index < -0.39 is 11.8 Å². The Kier molecular flexibility index (Phi) is 4.08. The van der Waals surface area contributed by atoms with E-state index in [4.69, 9.17) is 19.2 Å². The molecule has 1 spiro atoms. The van der Waals surface area contributed by atoms with Crippen LogP contribution in [0.15, 0.2) is 42.5 Å². The second-order valence-corrected chi connectivity index (χ2v) is 7.55. The summed E-state index contributed by atoms with van der Waals surface area (Å²) in [4.78, 5) is 16.7. The van der Waals surface area contributed by atoms with Crippen LogP contribution < -0.4 is 14.2 Å². The van der Waals surface area contributed by atoms with Gasteiger partial charge in [0, 0.05) is 29.9 Å². The van der Waals surface area contributed by atoms with Gasteiger partial charge >= 0.3 is 5.97 Å². The monoisotopic (exact) mass is 391 g/mol. The zero-order valence-electron chi connectivity index (χ0n) is 16.1. The quantitative estimate of drug-likeness (QED) is 0.674. The highest BCUT2D eigenvalue weighted by atomic mass is 16.7. The van der Waals surface area contributed by atoms with Gasteiger partial charge in [0.15, 0.2) is 11.5 Å². The molecule has 1 aromatic heterocycles. The number of para-hydroxylation sites is 1. The van der Waals surface area contributed by atoms with Crippen molar-refractivity contribution in [3.63, 3.8) is 0 Å². The molecule has 6 heteroatoms. The molecule has 1 aliphatic carbocycles. The molecule has 0 amide bonds. The Morgan fingerprint density at radius 1 is 1.07 bits per heavy atom. The molecule has 29 heavy (non-hydrogen) atoms. The fourth-order valence-corrected chi connectivity index (χ4v) is 4.28. The summed E-state index contributed by atoms with van der Waals surface area (Å²) in [7, 11) is 1.58. The Morgan fingerprint density at radius 3 is 2.52 bits per heavy atom. The van der Waals surface area contributed by atoms with Crippen molar-refractivity contribution in [2.75, 3.05) is 7.11 Å². The average molecular weight is 391 g/mol. The fraction of sp³-hybridized carbons (Fsp3) is 0.304. The number of nitrogens with zero attached hydrogens (tertiary/aromatic N) is 1. The van der Waals surface area contributed by atoms with Gasteiger partial charge in [-0.25, -0.2) is 9.78 Å². The van der Waals surface area contributed by atoms with Gasteiger partial charge in [0.05, 0.1) is 23.9 Å². The Hall–Kier alpha value is -3.28. The van der Waals surface area contributed by atoms with Crippen LogP contribution in [0.2, 0.25) is 0 Å². The smallest absolute Gasteiger partial charge is 0.336 e. The first kappa shape index (κ1) is 17.8. The third-order valence-electron chi connectivity index (χ3n) is 5.69. The molecule has 1 fully saturated rings. The molecule has 5 rings (SSSR count). The van der Waals surface area contributed by atoms with Gasteiger partial charge in [-0.3, -0.25) is 0 Å². The van der Waals surface area contributed by atoms with Crippen molar-refractivity contribution in [1.82, 2.24) is 4.98 Å². The normalized spacial score (nSPS) is 16.9. The third kappa shape index (κ3) is 2.95. The topological polar surface area (TPSA) is 77.9 Å². The van der Waals surface area contributed by atoms with Crippen molar-refractivity contribution < 1.29 is 24.1 Å². The second kappa shape index (κ2) is 6.65. The lowest BCUT2D eigenvalue weighted by Crippen LogP contribution is -2.40. The summed E-state index contributed by atoms with van der Waals surface area (Å²) in [6.07, 6.45) is 4.97. The minimum Gasteiger partial charge on any atom is -0.496 e. The van der Waals surface area contributed by atoms with Crippen LogP contribution in [-0.2, 0) is 0 Å². The molecule has 148 valence electrons. The summed E-state index contributed by atoms with van der Waals surface area (Å²) in [5.41, 5.74) is 2.01. The molecule has 0 radical (unpaired) electrons. The number of fused-ring (bicyclic) bond motifs is 2. The van der Waals surface area contributed by atoms with Crippen LogP contribution in [-0.4, -0.2) is 29.0 Å². The van der Waals surface area contributed by atoms with E-state index in [2.05, 4.69) is 0 Å².